The van der Waals surface area contributed by atoms with Gasteiger partial charge < -0.3 is 10.4 Å². The van der Waals surface area contributed by atoms with Crippen LogP contribution in [0.3, 0.4) is 0 Å². The molecule has 2 N–H and O–H groups in total. The molecule has 0 aliphatic heterocycles. The van der Waals surface area contributed by atoms with Gasteiger partial charge in [0.05, 0.1) is 11.3 Å². The maximum absolute atomic E-state index is 14.0. The molecular weight excluding hydrogens is 377 g/mol. The fourth-order valence-electron chi connectivity index (χ4n) is 3.93. The molecule has 4 rings (SSSR count). The van der Waals surface area contributed by atoms with Gasteiger partial charge in [-0.25, -0.2) is 14.2 Å². The number of halogens is 1. The Labute approximate surface area is 167 Å². The Morgan fingerprint density at radius 3 is 2.50 bits per heavy atom. The Balaban J connectivity index is 1.47. The lowest BCUT2D eigenvalue weighted by Gasteiger charge is -2.14. The van der Waals surface area contributed by atoms with Crippen molar-refractivity contribution in [2.75, 3.05) is 5.32 Å². The van der Waals surface area contributed by atoms with E-state index in [1.807, 2.05) is 0 Å². The fraction of sp³-hybridized carbons (Fsp3) is 0.476. The number of urea groups is 1. The van der Waals surface area contributed by atoms with E-state index in [4.69, 9.17) is 4.98 Å². The molecule has 0 atom stereocenters. The van der Waals surface area contributed by atoms with Crippen LogP contribution >= 0.6 is 11.3 Å². The van der Waals surface area contributed by atoms with Crippen LogP contribution in [-0.4, -0.2) is 22.3 Å². The topological polar surface area (TPSA) is 74.6 Å². The van der Waals surface area contributed by atoms with Crippen molar-refractivity contribution >= 4 is 29.3 Å². The molecule has 2 heterocycles. The average molecular weight is 402 g/mol. The summed E-state index contributed by atoms with van der Waals surface area (Å²) in [6, 6.07) is 0.909. The van der Waals surface area contributed by atoms with Gasteiger partial charge in [-0.05, 0) is 69.6 Å². The van der Waals surface area contributed by atoms with E-state index in [2.05, 4.69) is 10.3 Å². The smallest absolute Gasteiger partial charge is 0.345 e. The fourth-order valence-corrected chi connectivity index (χ4v) is 4.93. The standard InChI is InChI=1S/C21H24FN3O2S/c1-21(2,27)18-11-14(22)17(28-18)9-10-23-20(26)25-19-12-5-3-7-15(12)24-16-8-4-6-13(16)19/h10-11,27H,3-9H2,1-2H3,(H,24,25,26)/b23-10+. The van der Waals surface area contributed by atoms with Crippen molar-refractivity contribution in [1.82, 2.24) is 4.98 Å². The normalized spacial score (nSPS) is 15.9. The first-order chi connectivity index (χ1) is 13.3. The van der Waals surface area contributed by atoms with Crippen LogP contribution in [0.2, 0.25) is 0 Å². The van der Waals surface area contributed by atoms with E-state index in [0.29, 0.717) is 9.75 Å². The molecule has 5 nitrogen and oxygen atoms in total. The number of aliphatic hydroxyl groups is 1. The van der Waals surface area contributed by atoms with Crippen LogP contribution in [0.1, 0.15) is 59.0 Å². The summed E-state index contributed by atoms with van der Waals surface area (Å²) >= 11 is 1.20. The predicted molar refractivity (Wildman–Crippen MR) is 109 cm³/mol. The van der Waals surface area contributed by atoms with Gasteiger partial charge >= 0.3 is 6.03 Å². The zero-order valence-electron chi connectivity index (χ0n) is 16.1. The molecule has 7 heteroatoms. The number of rotatable bonds is 4. The van der Waals surface area contributed by atoms with Crippen LogP contribution in [0.15, 0.2) is 11.1 Å². The van der Waals surface area contributed by atoms with Gasteiger partial charge in [0, 0.05) is 33.8 Å². The Morgan fingerprint density at radius 1 is 1.29 bits per heavy atom. The second-order valence-corrected chi connectivity index (χ2v) is 9.07. The van der Waals surface area contributed by atoms with E-state index in [-0.39, 0.29) is 12.2 Å². The van der Waals surface area contributed by atoms with Gasteiger partial charge in [0.15, 0.2) is 0 Å². The number of pyridine rings is 1. The highest BCUT2D eigenvalue weighted by Crippen LogP contribution is 2.36. The molecule has 28 heavy (non-hydrogen) atoms. The molecule has 2 aliphatic rings. The lowest BCUT2D eigenvalue weighted by atomic mass is 10.1. The Morgan fingerprint density at radius 2 is 1.93 bits per heavy atom. The minimum atomic E-state index is -1.08. The van der Waals surface area contributed by atoms with E-state index in [9.17, 15) is 14.3 Å². The summed E-state index contributed by atoms with van der Waals surface area (Å²) in [7, 11) is 0. The van der Waals surface area contributed by atoms with Crippen molar-refractivity contribution in [3.05, 3.63) is 44.2 Å². The van der Waals surface area contributed by atoms with Gasteiger partial charge in [0.2, 0.25) is 0 Å². The molecular formula is C21H24FN3O2S. The summed E-state index contributed by atoms with van der Waals surface area (Å²) in [6.45, 7) is 3.24. The number of amides is 2. The van der Waals surface area contributed by atoms with Crippen molar-refractivity contribution in [2.45, 2.75) is 64.4 Å². The van der Waals surface area contributed by atoms with Crippen LogP contribution < -0.4 is 5.32 Å². The quantitative estimate of drug-likeness (QED) is 0.749. The molecule has 0 saturated heterocycles. The van der Waals surface area contributed by atoms with Gasteiger partial charge in [-0.3, -0.25) is 4.98 Å². The maximum Gasteiger partial charge on any atom is 0.345 e. The number of hydrogen-bond donors (Lipinski definition) is 2. The summed E-state index contributed by atoms with van der Waals surface area (Å²) in [5.41, 5.74) is 4.36. The number of carbonyl (C=O) groups is 1. The van der Waals surface area contributed by atoms with Gasteiger partial charge in [-0.2, -0.15) is 0 Å². The molecule has 0 unspecified atom stereocenters. The van der Waals surface area contributed by atoms with E-state index >= 15 is 0 Å². The average Bonchev–Trinajstić information content (AvgIpc) is 3.34. The van der Waals surface area contributed by atoms with Gasteiger partial charge in [-0.15, -0.1) is 11.3 Å². The molecule has 2 amide bonds. The predicted octanol–water partition coefficient (Wildman–Crippen LogP) is 4.33. The van der Waals surface area contributed by atoms with Gasteiger partial charge in [-0.1, -0.05) is 0 Å². The molecule has 148 valence electrons. The Kier molecular flexibility index (Phi) is 5.05. The number of aliphatic imine (C=N–C) groups is 1. The highest BCUT2D eigenvalue weighted by atomic mass is 32.1. The first-order valence-electron chi connectivity index (χ1n) is 9.71. The third-order valence-electron chi connectivity index (χ3n) is 5.33. The molecule has 2 aliphatic carbocycles. The molecule has 0 saturated carbocycles. The van der Waals surface area contributed by atoms with Crippen molar-refractivity contribution in [2.24, 2.45) is 4.99 Å². The lowest BCUT2D eigenvalue weighted by molar-refractivity contribution is 0.0823. The van der Waals surface area contributed by atoms with Crippen molar-refractivity contribution in [3.8, 4) is 0 Å². The molecule has 0 bridgehead atoms. The number of thiophene rings is 1. The van der Waals surface area contributed by atoms with Gasteiger partial charge in [0.25, 0.3) is 0 Å². The molecule has 0 radical (unpaired) electrons. The first kappa shape index (κ1) is 19.2. The first-order valence-corrected chi connectivity index (χ1v) is 10.5. The molecule has 2 aromatic rings. The third-order valence-corrected chi connectivity index (χ3v) is 6.77. The number of carbonyl (C=O) groups excluding carboxylic acids is 1. The van der Waals surface area contributed by atoms with Crippen LogP contribution in [0, 0.1) is 5.82 Å². The van der Waals surface area contributed by atoms with Crippen LogP contribution in [0.4, 0.5) is 14.9 Å². The SMILES string of the molecule is CC(C)(O)c1cc(F)c(C/C=N/C(=O)Nc2c3c(nc4c2CCC4)CCC3)s1. The van der Waals surface area contributed by atoms with Crippen LogP contribution in [-0.2, 0) is 37.7 Å². The van der Waals surface area contributed by atoms with Crippen LogP contribution in [0.25, 0.3) is 0 Å². The highest BCUT2D eigenvalue weighted by molar-refractivity contribution is 7.12. The minimum absolute atomic E-state index is 0.215. The second kappa shape index (κ2) is 7.37. The van der Waals surface area contributed by atoms with Crippen LogP contribution in [0.5, 0.6) is 0 Å². The number of hydrogen-bond acceptors (Lipinski definition) is 4. The number of nitrogens with zero attached hydrogens (tertiary/aromatic N) is 2. The number of fused-ring (bicyclic) bond motifs is 2. The molecule has 0 fully saturated rings. The maximum atomic E-state index is 14.0. The van der Waals surface area contributed by atoms with E-state index in [1.165, 1.54) is 23.6 Å². The van der Waals surface area contributed by atoms with E-state index in [1.54, 1.807) is 13.8 Å². The Bertz CT molecular complexity index is 927. The zero-order chi connectivity index (χ0) is 19.9. The highest BCUT2D eigenvalue weighted by Gasteiger charge is 2.26. The largest absolute Gasteiger partial charge is 0.385 e. The van der Waals surface area contributed by atoms with Crippen molar-refractivity contribution in [3.63, 3.8) is 0 Å². The molecule has 0 aromatic carbocycles. The minimum Gasteiger partial charge on any atom is -0.385 e. The second-order valence-electron chi connectivity index (χ2n) is 7.93. The van der Waals surface area contributed by atoms with Gasteiger partial charge in [0.1, 0.15) is 5.82 Å². The summed E-state index contributed by atoms with van der Waals surface area (Å²) in [4.78, 5) is 22.2. The molecule has 0 spiro atoms. The molecule has 2 aromatic heterocycles. The summed E-state index contributed by atoms with van der Waals surface area (Å²) in [5, 5.41) is 13.0. The summed E-state index contributed by atoms with van der Waals surface area (Å²) in [5.74, 6) is -0.376. The summed E-state index contributed by atoms with van der Waals surface area (Å²) in [6.07, 6.45) is 7.60. The zero-order valence-corrected chi connectivity index (χ0v) is 17.0. The van der Waals surface area contributed by atoms with E-state index < -0.39 is 11.6 Å². The summed E-state index contributed by atoms with van der Waals surface area (Å²) < 4.78 is 14.0. The third kappa shape index (κ3) is 3.73. The number of aryl methyl sites for hydroxylation is 2. The number of anilines is 1. The van der Waals surface area contributed by atoms with E-state index in [0.717, 1.165) is 66.7 Å². The Hall–Kier alpha value is -2.12. The monoisotopic (exact) mass is 401 g/mol. The number of nitrogens with one attached hydrogen (secondary N) is 1. The lowest BCUT2D eigenvalue weighted by Crippen LogP contribution is -2.13. The van der Waals surface area contributed by atoms with Crippen molar-refractivity contribution < 1.29 is 14.3 Å². The van der Waals surface area contributed by atoms with Crippen molar-refractivity contribution in [1.29, 1.82) is 0 Å². The number of aromatic nitrogens is 1.